The van der Waals surface area contributed by atoms with Gasteiger partial charge in [-0.1, -0.05) is 6.92 Å². The molecular formula is C16H21NO3S. The molecular weight excluding hydrogens is 286 g/mol. The predicted octanol–water partition coefficient (Wildman–Crippen LogP) is 3.63. The minimum atomic E-state index is -0.955. The molecule has 0 aliphatic heterocycles. The Morgan fingerprint density at radius 2 is 1.57 bits per heavy atom. The lowest BCUT2D eigenvalue weighted by atomic mass is 9.86. The molecule has 1 N–H and O–H groups in total. The monoisotopic (exact) mass is 307 g/mol. The van der Waals surface area contributed by atoms with Crippen LogP contribution in [0.1, 0.15) is 64.8 Å². The second-order valence-corrected chi connectivity index (χ2v) is 7.41. The quantitative estimate of drug-likeness (QED) is 0.924. The maximum atomic E-state index is 12.8. The van der Waals surface area contributed by atoms with E-state index >= 15 is 0 Å². The van der Waals surface area contributed by atoms with Gasteiger partial charge in [0, 0.05) is 12.1 Å². The van der Waals surface area contributed by atoms with E-state index in [1.54, 1.807) is 6.07 Å². The third-order valence-corrected chi connectivity index (χ3v) is 5.64. The van der Waals surface area contributed by atoms with Crippen LogP contribution in [0.5, 0.6) is 0 Å². The zero-order chi connectivity index (χ0) is 15.0. The second-order valence-electron chi connectivity index (χ2n) is 6.33. The summed E-state index contributed by atoms with van der Waals surface area (Å²) in [5, 5.41) is 9.00. The van der Waals surface area contributed by atoms with Gasteiger partial charge in [0.25, 0.3) is 5.91 Å². The zero-order valence-corrected chi connectivity index (χ0v) is 13.1. The lowest BCUT2D eigenvalue weighted by Crippen LogP contribution is -2.43. The maximum Gasteiger partial charge on any atom is 0.345 e. The van der Waals surface area contributed by atoms with Gasteiger partial charge in [-0.3, -0.25) is 4.79 Å². The lowest BCUT2D eigenvalue weighted by Gasteiger charge is -2.36. The topological polar surface area (TPSA) is 57.6 Å². The van der Waals surface area contributed by atoms with Gasteiger partial charge in [0.1, 0.15) is 4.88 Å². The molecule has 0 aromatic carbocycles. The van der Waals surface area contributed by atoms with E-state index < -0.39 is 5.97 Å². The molecule has 1 aromatic heterocycles. The van der Waals surface area contributed by atoms with Crippen molar-refractivity contribution in [3.05, 3.63) is 21.9 Å². The van der Waals surface area contributed by atoms with E-state index in [4.69, 9.17) is 5.11 Å². The molecule has 0 unspecified atom stereocenters. The Kier molecular flexibility index (Phi) is 4.02. The Hall–Kier alpha value is -1.36. The highest BCUT2D eigenvalue weighted by Crippen LogP contribution is 2.37. The smallest absolute Gasteiger partial charge is 0.345 e. The van der Waals surface area contributed by atoms with Gasteiger partial charge >= 0.3 is 5.97 Å². The number of hydrogen-bond donors (Lipinski definition) is 1. The van der Waals surface area contributed by atoms with Gasteiger partial charge in [0.05, 0.1) is 4.88 Å². The van der Waals surface area contributed by atoms with Gasteiger partial charge in [0.2, 0.25) is 0 Å². The predicted molar refractivity (Wildman–Crippen MR) is 81.9 cm³/mol. The number of carbonyl (C=O) groups is 2. The third-order valence-electron chi connectivity index (χ3n) is 4.58. The molecule has 5 heteroatoms. The number of carboxylic acids is 1. The van der Waals surface area contributed by atoms with E-state index in [1.165, 1.54) is 18.9 Å². The van der Waals surface area contributed by atoms with Crippen molar-refractivity contribution < 1.29 is 14.7 Å². The summed E-state index contributed by atoms with van der Waals surface area (Å²) in [6, 6.07) is 3.92. The molecule has 0 atom stereocenters. The Labute approximate surface area is 128 Å². The van der Waals surface area contributed by atoms with E-state index in [2.05, 4.69) is 11.8 Å². The Bertz CT molecular complexity index is 541. The highest BCUT2D eigenvalue weighted by molar-refractivity contribution is 7.15. The summed E-state index contributed by atoms with van der Waals surface area (Å²) < 4.78 is 0. The van der Waals surface area contributed by atoms with E-state index in [9.17, 15) is 9.59 Å². The summed E-state index contributed by atoms with van der Waals surface area (Å²) in [7, 11) is 0. The minimum Gasteiger partial charge on any atom is -0.477 e. The molecule has 0 radical (unpaired) electrons. The average molecular weight is 307 g/mol. The summed E-state index contributed by atoms with van der Waals surface area (Å²) in [5.74, 6) is -0.157. The minimum absolute atomic E-state index is 0.0366. The summed E-state index contributed by atoms with van der Waals surface area (Å²) in [4.78, 5) is 26.6. The van der Waals surface area contributed by atoms with Crippen LogP contribution in [-0.2, 0) is 0 Å². The van der Waals surface area contributed by atoms with Crippen molar-refractivity contribution in [2.24, 2.45) is 5.92 Å². The number of nitrogens with zero attached hydrogens (tertiary/aromatic N) is 1. The number of thiophene rings is 1. The highest BCUT2D eigenvalue weighted by atomic mass is 32.1. The molecule has 2 fully saturated rings. The summed E-state index contributed by atoms with van der Waals surface area (Å²) in [5.41, 5.74) is 0. The first-order chi connectivity index (χ1) is 10.1. The molecule has 0 spiro atoms. The third kappa shape index (κ3) is 3.12. The van der Waals surface area contributed by atoms with Crippen LogP contribution in [0.3, 0.4) is 0 Å². The molecule has 2 saturated carbocycles. The molecule has 3 rings (SSSR count). The summed E-state index contributed by atoms with van der Waals surface area (Å²) in [6.07, 6.45) is 6.73. The fraction of sp³-hybridized carbons (Fsp3) is 0.625. The number of carboxylic acid groups (broad SMARTS) is 1. The van der Waals surface area contributed by atoms with Gasteiger partial charge in [-0.2, -0.15) is 0 Å². The molecule has 4 nitrogen and oxygen atoms in total. The first-order valence-corrected chi connectivity index (χ1v) is 8.53. The van der Waals surface area contributed by atoms with Crippen molar-refractivity contribution >= 4 is 23.2 Å². The molecule has 0 saturated heterocycles. The fourth-order valence-corrected chi connectivity index (χ4v) is 3.99. The molecule has 0 bridgehead atoms. The van der Waals surface area contributed by atoms with E-state index in [0.717, 1.165) is 42.9 Å². The van der Waals surface area contributed by atoms with Crippen LogP contribution in [0.15, 0.2) is 12.1 Å². The van der Waals surface area contributed by atoms with Crippen molar-refractivity contribution in [3.63, 3.8) is 0 Å². The molecule has 1 heterocycles. The SMILES string of the molecule is CC1CCC(N(C(=O)c2ccc(C(=O)O)s2)C2CC2)CC1. The van der Waals surface area contributed by atoms with Crippen LogP contribution in [0.4, 0.5) is 0 Å². The van der Waals surface area contributed by atoms with Crippen molar-refractivity contribution in [2.45, 2.75) is 57.5 Å². The number of aromatic carboxylic acids is 1. The van der Waals surface area contributed by atoms with Gasteiger partial charge in [-0.25, -0.2) is 4.79 Å². The van der Waals surface area contributed by atoms with E-state index in [-0.39, 0.29) is 10.8 Å². The number of hydrogen-bond acceptors (Lipinski definition) is 3. The van der Waals surface area contributed by atoms with Crippen molar-refractivity contribution in [2.75, 3.05) is 0 Å². The van der Waals surface area contributed by atoms with Gasteiger partial charge in [0.15, 0.2) is 0 Å². The fourth-order valence-electron chi connectivity index (χ4n) is 3.20. The van der Waals surface area contributed by atoms with Crippen LogP contribution in [0, 0.1) is 5.92 Å². The summed E-state index contributed by atoms with van der Waals surface area (Å²) in [6.45, 7) is 2.28. The van der Waals surface area contributed by atoms with Crippen molar-refractivity contribution in [1.29, 1.82) is 0 Å². The number of rotatable bonds is 4. The van der Waals surface area contributed by atoms with Gasteiger partial charge < -0.3 is 10.0 Å². The molecule has 1 aromatic rings. The second kappa shape index (κ2) is 5.79. The van der Waals surface area contributed by atoms with Crippen molar-refractivity contribution in [3.8, 4) is 0 Å². The Morgan fingerprint density at radius 1 is 1.05 bits per heavy atom. The van der Waals surface area contributed by atoms with Gasteiger partial charge in [-0.15, -0.1) is 11.3 Å². The Balaban J connectivity index is 1.76. The van der Waals surface area contributed by atoms with Gasteiger partial charge in [-0.05, 0) is 56.6 Å². The lowest BCUT2D eigenvalue weighted by molar-refractivity contribution is 0.0597. The summed E-state index contributed by atoms with van der Waals surface area (Å²) >= 11 is 1.10. The maximum absolute atomic E-state index is 12.8. The molecule has 1 amide bonds. The molecule has 2 aliphatic carbocycles. The van der Waals surface area contributed by atoms with E-state index in [1.807, 2.05) is 0 Å². The molecule has 114 valence electrons. The zero-order valence-electron chi connectivity index (χ0n) is 12.2. The van der Waals surface area contributed by atoms with Crippen LogP contribution < -0.4 is 0 Å². The van der Waals surface area contributed by atoms with E-state index in [0.29, 0.717) is 17.0 Å². The van der Waals surface area contributed by atoms with Crippen LogP contribution in [0.25, 0.3) is 0 Å². The molecule has 2 aliphatic rings. The van der Waals surface area contributed by atoms with Crippen LogP contribution in [-0.4, -0.2) is 34.0 Å². The largest absolute Gasteiger partial charge is 0.477 e. The normalized spacial score (nSPS) is 25.6. The first kappa shape index (κ1) is 14.6. The number of amides is 1. The highest BCUT2D eigenvalue weighted by Gasteiger charge is 2.39. The van der Waals surface area contributed by atoms with Crippen molar-refractivity contribution in [1.82, 2.24) is 4.90 Å². The molecule has 21 heavy (non-hydrogen) atoms. The van der Waals surface area contributed by atoms with Crippen LogP contribution >= 0.6 is 11.3 Å². The first-order valence-electron chi connectivity index (χ1n) is 7.72. The number of carbonyl (C=O) groups excluding carboxylic acids is 1. The standard InChI is InChI=1S/C16H21NO3S/c1-10-2-4-11(5-3-10)17(12-6-7-12)15(18)13-8-9-14(21-13)16(19)20/h8-12H,2-7H2,1H3,(H,19,20). The average Bonchev–Trinajstić information content (AvgIpc) is 3.15. The Morgan fingerprint density at radius 3 is 2.05 bits per heavy atom. The van der Waals surface area contributed by atoms with Crippen LogP contribution in [0.2, 0.25) is 0 Å².